The summed E-state index contributed by atoms with van der Waals surface area (Å²) < 4.78 is 0. The lowest BCUT2D eigenvalue weighted by atomic mass is 9.98. The Morgan fingerprint density at radius 3 is 3.00 bits per heavy atom. The summed E-state index contributed by atoms with van der Waals surface area (Å²) >= 11 is 0. The highest BCUT2D eigenvalue weighted by atomic mass is 15.2. The normalized spacial score (nSPS) is 28.3. The highest BCUT2D eigenvalue weighted by molar-refractivity contribution is 4.89. The summed E-state index contributed by atoms with van der Waals surface area (Å²) in [6.45, 7) is 9.27. The van der Waals surface area contributed by atoms with Crippen molar-refractivity contribution in [2.75, 3.05) is 26.2 Å². The van der Waals surface area contributed by atoms with Crippen molar-refractivity contribution in [3.05, 3.63) is 0 Å². The van der Waals surface area contributed by atoms with Crippen LogP contribution in [0.25, 0.3) is 0 Å². The van der Waals surface area contributed by atoms with Gasteiger partial charge in [-0.25, -0.2) is 0 Å². The monoisotopic (exact) mass is 208 g/mol. The summed E-state index contributed by atoms with van der Waals surface area (Å²) in [7, 11) is 0. The highest BCUT2D eigenvalue weighted by Gasteiger charge is 2.26. The smallest absolute Gasteiger partial charge is 0.0277 e. The minimum Gasteiger partial charge on any atom is -0.310 e. The van der Waals surface area contributed by atoms with Crippen molar-refractivity contribution in [3.63, 3.8) is 0 Å². The van der Waals surface area contributed by atoms with Gasteiger partial charge >= 0.3 is 0 Å². The zero-order chi connectivity index (χ0) is 11.1. The lowest BCUT2D eigenvalue weighted by Crippen LogP contribution is -2.48. The van der Waals surface area contributed by atoms with E-state index in [-0.39, 0.29) is 0 Å². The van der Waals surface area contributed by atoms with Gasteiger partial charge in [0, 0.05) is 18.5 Å². The van der Waals surface area contributed by atoms with Crippen molar-refractivity contribution < 1.29 is 0 Å². The molecule has 0 spiro atoms. The van der Waals surface area contributed by atoms with Crippen molar-refractivity contribution in [2.24, 2.45) is 0 Å². The van der Waals surface area contributed by atoms with E-state index < -0.39 is 0 Å². The molecule has 2 heteroatoms. The number of terminal acetylenes is 1. The molecule has 0 aliphatic carbocycles. The van der Waals surface area contributed by atoms with Crippen LogP contribution in [0.5, 0.6) is 0 Å². The Balaban J connectivity index is 2.40. The molecule has 1 N–H and O–H groups in total. The van der Waals surface area contributed by atoms with E-state index in [0.717, 1.165) is 32.5 Å². The second-order valence-corrected chi connectivity index (χ2v) is 4.78. The Kier molecular flexibility index (Phi) is 5.14. The minimum absolute atomic E-state index is 0.298. The third-order valence-electron chi connectivity index (χ3n) is 3.35. The molecule has 1 rings (SSSR count). The first-order valence-corrected chi connectivity index (χ1v) is 6.11. The molecule has 0 amide bonds. The molecule has 15 heavy (non-hydrogen) atoms. The Labute approximate surface area is 94.4 Å². The van der Waals surface area contributed by atoms with Gasteiger partial charge in [0.1, 0.15) is 0 Å². The number of nitrogens with one attached hydrogen (secondary N) is 1. The summed E-state index contributed by atoms with van der Waals surface area (Å²) in [6.07, 6.45) is 9.77. The quantitative estimate of drug-likeness (QED) is 0.560. The van der Waals surface area contributed by atoms with Crippen LogP contribution in [0, 0.1) is 12.3 Å². The van der Waals surface area contributed by atoms with Crippen LogP contribution in [0.15, 0.2) is 0 Å². The molecule has 1 unspecified atom stereocenters. The Morgan fingerprint density at radius 2 is 2.33 bits per heavy atom. The number of rotatable bonds is 4. The van der Waals surface area contributed by atoms with Crippen LogP contribution in [-0.2, 0) is 0 Å². The third kappa shape index (κ3) is 4.24. The first-order valence-electron chi connectivity index (χ1n) is 6.11. The van der Waals surface area contributed by atoms with Gasteiger partial charge in [-0.05, 0) is 45.8 Å². The molecule has 1 saturated heterocycles. The molecule has 1 atom stereocenters. The van der Waals surface area contributed by atoms with Crippen molar-refractivity contribution >= 4 is 0 Å². The number of unbranched alkanes of at least 4 members (excludes halogenated alkanes) is 1. The van der Waals surface area contributed by atoms with Crippen LogP contribution < -0.4 is 5.32 Å². The fraction of sp³-hybridized carbons (Fsp3) is 0.846. The van der Waals surface area contributed by atoms with E-state index >= 15 is 0 Å². The highest BCUT2D eigenvalue weighted by Crippen LogP contribution is 2.15. The van der Waals surface area contributed by atoms with Gasteiger partial charge in [0.2, 0.25) is 0 Å². The van der Waals surface area contributed by atoms with E-state index in [1.807, 2.05) is 0 Å². The fourth-order valence-corrected chi connectivity index (χ4v) is 2.15. The summed E-state index contributed by atoms with van der Waals surface area (Å²) in [5, 5.41) is 3.65. The largest absolute Gasteiger partial charge is 0.310 e. The van der Waals surface area contributed by atoms with Gasteiger partial charge in [0.05, 0.1) is 0 Å². The average molecular weight is 208 g/mol. The van der Waals surface area contributed by atoms with E-state index in [4.69, 9.17) is 6.42 Å². The molecule has 1 aliphatic rings. The van der Waals surface area contributed by atoms with E-state index in [1.165, 1.54) is 19.4 Å². The van der Waals surface area contributed by atoms with Gasteiger partial charge < -0.3 is 10.2 Å². The summed E-state index contributed by atoms with van der Waals surface area (Å²) in [5.74, 6) is 2.72. The van der Waals surface area contributed by atoms with Gasteiger partial charge in [-0.15, -0.1) is 12.3 Å². The maximum atomic E-state index is 5.27. The number of hydrogen-bond acceptors (Lipinski definition) is 2. The molecule has 2 nitrogen and oxygen atoms in total. The van der Waals surface area contributed by atoms with Crippen LogP contribution >= 0.6 is 0 Å². The standard InChI is InChI=1S/C13H24N2/c1-4-6-7-10-15-11-8-9-14-13(3,5-2)12-15/h1,14H,5-12H2,2-3H3. The zero-order valence-electron chi connectivity index (χ0n) is 10.2. The second kappa shape index (κ2) is 6.15. The van der Waals surface area contributed by atoms with E-state index in [2.05, 4.69) is 30.0 Å². The van der Waals surface area contributed by atoms with Crippen molar-refractivity contribution in [2.45, 2.75) is 45.1 Å². The van der Waals surface area contributed by atoms with E-state index in [9.17, 15) is 0 Å². The van der Waals surface area contributed by atoms with Gasteiger partial charge in [0.25, 0.3) is 0 Å². The first kappa shape index (κ1) is 12.5. The van der Waals surface area contributed by atoms with Crippen molar-refractivity contribution in [1.82, 2.24) is 10.2 Å². The molecule has 1 aliphatic heterocycles. The van der Waals surface area contributed by atoms with Crippen LogP contribution in [0.2, 0.25) is 0 Å². The molecule has 0 aromatic rings. The predicted octanol–water partition coefficient (Wildman–Crippen LogP) is 1.86. The molecule has 0 bridgehead atoms. The Hall–Kier alpha value is -0.520. The minimum atomic E-state index is 0.298. The Morgan fingerprint density at radius 1 is 1.53 bits per heavy atom. The molecular formula is C13H24N2. The lowest BCUT2D eigenvalue weighted by Gasteiger charge is -2.32. The fourth-order valence-electron chi connectivity index (χ4n) is 2.15. The van der Waals surface area contributed by atoms with Gasteiger partial charge in [-0.2, -0.15) is 0 Å². The molecular weight excluding hydrogens is 184 g/mol. The molecule has 1 fully saturated rings. The lowest BCUT2D eigenvalue weighted by molar-refractivity contribution is 0.214. The molecule has 0 aromatic carbocycles. The molecule has 0 aromatic heterocycles. The van der Waals surface area contributed by atoms with Crippen molar-refractivity contribution in [1.29, 1.82) is 0 Å². The molecule has 86 valence electrons. The average Bonchev–Trinajstić information content (AvgIpc) is 2.42. The third-order valence-corrected chi connectivity index (χ3v) is 3.35. The van der Waals surface area contributed by atoms with Crippen LogP contribution in [0.1, 0.15) is 39.5 Å². The summed E-state index contributed by atoms with van der Waals surface area (Å²) in [4.78, 5) is 2.56. The maximum absolute atomic E-state index is 5.27. The maximum Gasteiger partial charge on any atom is 0.0277 e. The summed E-state index contributed by atoms with van der Waals surface area (Å²) in [5.41, 5.74) is 0.298. The van der Waals surface area contributed by atoms with Gasteiger partial charge in [-0.1, -0.05) is 6.92 Å². The van der Waals surface area contributed by atoms with Crippen LogP contribution in [-0.4, -0.2) is 36.6 Å². The van der Waals surface area contributed by atoms with Gasteiger partial charge in [-0.3, -0.25) is 0 Å². The second-order valence-electron chi connectivity index (χ2n) is 4.78. The SMILES string of the molecule is C#CCCCN1CCCNC(C)(CC)C1. The molecule has 0 radical (unpaired) electrons. The first-order chi connectivity index (χ1) is 7.20. The zero-order valence-corrected chi connectivity index (χ0v) is 10.2. The van der Waals surface area contributed by atoms with E-state index in [1.54, 1.807) is 0 Å². The van der Waals surface area contributed by atoms with Crippen LogP contribution in [0.4, 0.5) is 0 Å². The van der Waals surface area contributed by atoms with Gasteiger partial charge in [0.15, 0.2) is 0 Å². The van der Waals surface area contributed by atoms with Crippen molar-refractivity contribution in [3.8, 4) is 12.3 Å². The number of nitrogens with zero attached hydrogens (tertiary/aromatic N) is 1. The van der Waals surface area contributed by atoms with Crippen LogP contribution in [0.3, 0.4) is 0 Å². The molecule has 1 heterocycles. The van der Waals surface area contributed by atoms with E-state index in [0.29, 0.717) is 5.54 Å². The Bertz CT molecular complexity index is 219. The summed E-state index contributed by atoms with van der Waals surface area (Å²) in [6, 6.07) is 0. The topological polar surface area (TPSA) is 15.3 Å². The number of hydrogen-bond donors (Lipinski definition) is 1. The molecule has 0 saturated carbocycles. The predicted molar refractivity (Wildman–Crippen MR) is 65.8 cm³/mol.